The summed E-state index contributed by atoms with van der Waals surface area (Å²) in [6.07, 6.45) is 0. The minimum Gasteiger partial charge on any atom is -0.306 e. The van der Waals surface area contributed by atoms with Crippen LogP contribution in [0.1, 0.15) is 18.1 Å². The summed E-state index contributed by atoms with van der Waals surface area (Å²) in [5, 5.41) is 3.09. The van der Waals surface area contributed by atoms with Crippen LogP contribution in [-0.4, -0.2) is 13.1 Å². The summed E-state index contributed by atoms with van der Waals surface area (Å²) in [7, 11) is 0. The maximum atomic E-state index is 12.8. The molecule has 1 N–H and O–H groups in total. The molecule has 1 rings (SSSR count). The second kappa shape index (κ2) is 5.41. The van der Waals surface area contributed by atoms with Gasteiger partial charge in [-0.2, -0.15) is 0 Å². The molecule has 1 nitrogen and oxygen atoms in total. The molecule has 0 aliphatic heterocycles. The van der Waals surface area contributed by atoms with Crippen molar-refractivity contribution < 1.29 is 4.39 Å². The van der Waals surface area contributed by atoms with E-state index in [0.717, 1.165) is 17.7 Å². The quantitative estimate of drug-likeness (QED) is 0.557. The van der Waals surface area contributed by atoms with Crippen LogP contribution in [0.25, 0.3) is 0 Å². The van der Waals surface area contributed by atoms with Gasteiger partial charge >= 0.3 is 0 Å². The fraction of sp³-hybridized carbons (Fsp3) is 0.333. The first-order chi connectivity index (χ1) is 6.74. The lowest BCUT2D eigenvalue weighted by molar-refractivity contribution is 0.627. The molecule has 0 fully saturated rings. The number of hydrogen-bond acceptors (Lipinski definition) is 1. The van der Waals surface area contributed by atoms with Crippen molar-refractivity contribution in [1.29, 1.82) is 0 Å². The Morgan fingerprint density at radius 1 is 1.43 bits per heavy atom. The summed E-state index contributed by atoms with van der Waals surface area (Å²) >= 11 is 0. The highest BCUT2D eigenvalue weighted by Gasteiger charge is 1.95. The van der Waals surface area contributed by atoms with Crippen LogP contribution in [0.5, 0.6) is 0 Å². The first-order valence-corrected chi connectivity index (χ1v) is 4.69. The Labute approximate surface area is 84.3 Å². The molecule has 0 saturated carbocycles. The standard InChI is InChI=1S/C12H14FN/c1-3-14-8-4-5-11-9-12(13)7-6-10(11)2/h6-7,9,14H,3,8H2,1-2H3. The highest BCUT2D eigenvalue weighted by Crippen LogP contribution is 2.08. The smallest absolute Gasteiger partial charge is 0.124 e. The van der Waals surface area contributed by atoms with E-state index in [4.69, 9.17) is 0 Å². The molecule has 0 heterocycles. The lowest BCUT2D eigenvalue weighted by Gasteiger charge is -1.97. The Bertz CT molecular complexity index is 360. The van der Waals surface area contributed by atoms with E-state index >= 15 is 0 Å². The highest BCUT2D eigenvalue weighted by atomic mass is 19.1. The number of rotatable bonds is 2. The minimum absolute atomic E-state index is 0.233. The van der Waals surface area contributed by atoms with Crippen LogP contribution < -0.4 is 5.32 Å². The topological polar surface area (TPSA) is 12.0 Å². The predicted molar refractivity (Wildman–Crippen MR) is 56.6 cm³/mol. The summed E-state index contributed by atoms with van der Waals surface area (Å²) in [5.41, 5.74) is 1.78. The number of aryl methyl sites for hydroxylation is 1. The fourth-order valence-corrected chi connectivity index (χ4v) is 1.06. The van der Waals surface area contributed by atoms with Gasteiger partial charge in [0.25, 0.3) is 0 Å². The molecule has 14 heavy (non-hydrogen) atoms. The van der Waals surface area contributed by atoms with Crippen molar-refractivity contribution in [2.45, 2.75) is 13.8 Å². The summed E-state index contributed by atoms with van der Waals surface area (Å²) in [5.74, 6) is 5.65. The molecule has 0 radical (unpaired) electrons. The first-order valence-electron chi connectivity index (χ1n) is 4.69. The number of nitrogens with one attached hydrogen (secondary N) is 1. The first kappa shape index (κ1) is 10.7. The van der Waals surface area contributed by atoms with Gasteiger partial charge in [-0.05, 0) is 31.2 Å². The van der Waals surface area contributed by atoms with Crippen molar-refractivity contribution in [3.8, 4) is 11.8 Å². The lowest BCUT2D eigenvalue weighted by atomic mass is 10.1. The van der Waals surface area contributed by atoms with Crippen molar-refractivity contribution in [2.24, 2.45) is 0 Å². The van der Waals surface area contributed by atoms with E-state index in [2.05, 4.69) is 17.2 Å². The van der Waals surface area contributed by atoms with Gasteiger partial charge in [-0.1, -0.05) is 24.8 Å². The van der Waals surface area contributed by atoms with E-state index in [-0.39, 0.29) is 5.82 Å². The second-order valence-electron chi connectivity index (χ2n) is 3.04. The van der Waals surface area contributed by atoms with E-state index in [1.165, 1.54) is 12.1 Å². The Morgan fingerprint density at radius 2 is 2.21 bits per heavy atom. The van der Waals surface area contributed by atoms with E-state index in [9.17, 15) is 4.39 Å². The molecule has 0 spiro atoms. The van der Waals surface area contributed by atoms with Gasteiger partial charge in [0.05, 0.1) is 6.54 Å². The van der Waals surface area contributed by atoms with Crippen molar-refractivity contribution >= 4 is 0 Å². The van der Waals surface area contributed by atoms with Gasteiger partial charge in [-0.3, -0.25) is 0 Å². The van der Waals surface area contributed by atoms with Crippen LogP contribution in [-0.2, 0) is 0 Å². The maximum absolute atomic E-state index is 12.8. The number of benzene rings is 1. The fourth-order valence-electron chi connectivity index (χ4n) is 1.06. The molecule has 1 aromatic carbocycles. The largest absolute Gasteiger partial charge is 0.306 e. The third-order valence-electron chi connectivity index (χ3n) is 1.89. The molecule has 1 aromatic rings. The molecule has 0 atom stereocenters. The van der Waals surface area contributed by atoms with E-state index in [1.54, 1.807) is 6.07 Å². The van der Waals surface area contributed by atoms with E-state index in [0.29, 0.717) is 6.54 Å². The minimum atomic E-state index is -0.233. The van der Waals surface area contributed by atoms with Gasteiger partial charge in [-0.15, -0.1) is 0 Å². The third kappa shape index (κ3) is 3.20. The Hall–Kier alpha value is -1.33. The van der Waals surface area contributed by atoms with Crippen LogP contribution in [0.15, 0.2) is 18.2 Å². The van der Waals surface area contributed by atoms with Crippen molar-refractivity contribution in [1.82, 2.24) is 5.32 Å². The van der Waals surface area contributed by atoms with Crippen LogP contribution in [0.4, 0.5) is 4.39 Å². The van der Waals surface area contributed by atoms with Gasteiger partial charge in [0.2, 0.25) is 0 Å². The normalized spacial score (nSPS) is 9.36. The molecule has 0 unspecified atom stereocenters. The van der Waals surface area contributed by atoms with E-state index in [1.807, 2.05) is 13.8 Å². The van der Waals surface area contributed by atoms with Gasteiger partial charge in [0.1, 0.15) is 5.82 Å². The van der Waals surface area contributed by atoms with Gasteiger partial charge < -0.3 is 5.32 Å². The Balaban J connectivity index is 2.73. The molecule has 0 amide bonds. The lowest BCUT2D eigenvalue weighted by Crippen LogP contribution is -2.11. The van der Waals surface area contributed by atoms with Crippen molar-refractivity contribution in [3.63, 3.8) is 0 Å². The van der Waals surface area contributed by atoms with E-state index < -0.39 is 0 Å². The Kier molecular flexibility index (Phi) is 4.15. The molecule has 0 bridgehead atoms. The molecule has 74 valence electrons. The van der Waals surface area contributed by atoms with Crippen LogP contribution in [0.3, 0.4) is 0 Å². The molecule has 2 heteroatoms. The van der Waals surface area contributed by atoms with Gasteiger partial charge in [0, 0.05) is 5.56 Å². The molecule has 0 aliphatic carbocycles. The second-order valence-corrected chi connectivity index (χ2v) is 3.04. The monoisotopic (exact) mass is 191 g/mol. The predicted octanol–water partition coefficient (Wildman–Crippen LogP) is 2.10. The van der Waals surface area contributed by atoms with Gasteiger partial charge in [0.15, 0.2) is 0 Å². The molecular formula is C12H14FN. The third-order valence-corrected chi connectivity index (χ3v) is 1.89. The molecule has 0 aromatic heterocycles. The summed E-state index contributed by atoms with van der Waals surface area (Å²) in [6.45, 7) is 5.50. The average Bonchev–Trinajstić information content (AvgIpc) is 2.18. The van der Waals surface area contributed by atoms with Crippen molar-refractivity contribution in [2.75, 3.05) is 13.1 Å². The SMILES string of the molecule is CCNCC#Cc1cc(F)ccc1C. The van der Waals surface area contributed by atoms with Gasteiger partial charge in [-0.25, -0.2) is 4.39 Å². The summed E-state index contributed by atoms with van der Waals surface area (Å²) in [4.78, 5) is 0. The van der Waals surface area contributed by atoms with Crippen LogP contribution in [0.2, 0.25) is 0 Å². The highest BCUT2D eigenvalue weighted by molar-refractivity contribution is 5.40. The van der Waals surface area contributed by atoms with Crippen molar-refractivity contribution in [3.05, 3.63) is 35.1 Å². The van der Waals surface area contributed by atoms with Crippen LogP contribution >= 0.6 is 0 Å². The summed E-state index contributed by atoms with van der Waals surface area (Å²) in [6, 6.07) is 4.66. The Morgan fingerprint density at radius 3 is 2.93 bits per heavy atom. The zero-order valence-electron chi connectivity index (χ0n) is 8.52. The maximum Gasteiger partial charge on any atom is 0.124 e. The summed E-state index contributed by atoms with van der Waals surface area (Å²) < 4.78 is 12.8. The molecule has 0 saturated heterocycles. The molecular weight excluding hydrogens is 177 g/mol. The average molecular weight is 191 g/mol. The van der Waals surface area contributed by atoms with Crippen LogP contribution in [0, 0.1) is 24.6 Å². The number of hydrogen-bond donors (Lipinski definition) is 1. The number of halogens is 1. The zero-order valence-corrected chi connectivity index (χ0v) is 8.52. The zero-order chi connectivity index (χ0) is 10.4. The molecule has 0 aliphatic rings.